The van der Waals surface area contributed by atoms with Crippen molar-refractivity contribution >= 4 is 27.8 Å². The molecule has 0 saturated carbocycles. The van der Waals surface area contributed by atoms with Crippen molar-refractivity contribution in [2.75, 3.05) is 44.7 Å². The molecule has 0 spiro atoms. The smallest absolute Gasteiger partial charge is 0.240 e. The standard InChI is InChI=1S/C14H20BrN5O/c1-18-4-2-3-12(18)13(21)19-5-7-20(8-6-19)14-16-9-11(15)10-17-14/h9-10,12H,2-8H2,1H3. The number of likely N-dealkylation sites (N-methyl/N-ethyl adjacent to an activating group) is 1. The summed E-state index contributed by atoms with van der Waals surface area (Å²) < 4.78 is 0.879. The highest BCUT2D eigenvalue weighted by Gasteiger charge is 2.33. The van der Waals surface area contributed by atoms with Crippen molar-refractivity contribution in [1.82, 2.24) is 19.8 Å². The fraction of sp³-hybridized carbons (Fsp3) is 0.643. The molecule has 21 heavy (non-hydrogen) atoms. The van der Waals surface area contributed by atoms with Crippen molar-refractivity contribution in [3.63, 3.8) is 0 Å². The van der Waals surface area contributed by atoms with Gasteiger partial charge >= 0.3 is 0 Å². The highest BCUT2D eigenvalue weighted by Crippen LogP contribution is 2.19. The molecule has 3 heterocycles. The molecule has 1 aromatic rings. The molecule has 1 atom stereocenters. The van der Waals surface area contributed by atoms with Crippen LogP contribution in [0.1, 0.15) is 12.8 Å². The highest BCUT2D eigenvalue weighted by atomic mass is 79.9. The van der Waals surface area contributed by atoms with Gasteiger partial charge in [-0.1, -0.05) is 0 Å². The summed E-state index contributed by atoms with van der Waals surface area (Å²) in [4.78, 5) is 27.5. The van der Waals surface area contributed by atoms with Crippen LogP contribution in [0, 0.1) is 0 Å². The second-order valence-electron chi connectivity index (χ2n) is 5.65. The zero-order chi connectivity index (χ0) is 14.8. The molecule has 2 fully saturated rings. The van der Waals surface area contributed by atoms with Gasteiger partial charge in [-0.25, -0.2) is 9.97 Å². The predicted molar refractivity (Wildman–Crippen MR) is 84.2 cm³/mol. The fourth-order valence-electron chi connectivity index (χ4n) is 3.03. The summed E-state index contributed by atoms with van der Waals surface area (Å²) in [5, 5.41) is 0. The number of anilines is 1. The van der Waals surface area contributed by atoms with Crippen LogP contribution in [0.3, 0.4) is 0 Å². The topological polar surface area (TPSA) is 52.6 Å². The number of nitrogens with zero attached hydrogens (tertiary/aromatic N) is 5. The summed E-state index contributed by atoms with van der Waals surface area (Å²) >= 11 is 3.34. The maximum Gasteiger partial charge on any atom is 0.240 e. The number of aromatic nitrogens is 2. The molecule has 0 N–H and O–H groups in total. The first kappa shape index (κ1) is 14.7. The van der Waals surface area contributed by atoms with E-state index in [1.165, 1.54) is 0 Å². The molecule has 114 valence electrons. The number of piperazine rings is 1. The Kier molecular flexibility index (Phi) is 4.40. The Morgan fingerprint density at radius 1 is 1.19 bits per heavy atom. The normalized spacial score (nSPS) is 23.6. The molecule has 1 amide bonds. The molecule has 0 aromatic carbocycles. The van der Waals surface area contributed by atoms with Gasteiger partial charge in [0.2, 0.25) is 11.9 Å². The van der Waals surface area contributed by atoms with Crippen LogP contribution in [0.25, 0.3) is 0 Å². The molecular weight excluding hydrogens is 334 g/mol. The zero-order valence-electron chi connectivity index (χ0n) is 12.2. The van der Waals surface area contributed by atoms with Gasteiger partial charge in [-0.15, -0.1) is 0 Å². The molecule has 0 radical (unpaired) electrons. The predicted octanol–water partition coefficient (Wildman–Crippen LogP) is 0.982. The van der Waals surface area contributed by atoms with E-state index in [4.69, 9.17) is 0 Å². The number of carbonyl (C=O) groups is 1. The summed E-state index contributed by atoms with van der Waals surface area (Å²) in [5.74, 6) is 1.02. The zero-order valence-corrected chi connectivity index (χ0v) is 13.8. The number of likely N-dealkylation sites (tertiary alicyclic amines) is 1. The minimum absolute atomic E-state index is 0.0838. The Balaban J connectivity index is 1.57. The van der Waals surface area contributed by atoms with E-state index in [9.17, 15) is 4.79 Å². The lowest BCUT2D eigenvalue weighted by Crippen LogP contribution is -2.53. The molecular formula is C14H20BrN5O. The molecule has 0 bridgehead atoms. The lowest BCUT2D eigenvalue weighted by atomic mass is 10.2. The lowest BCUT2D eigenvalue weighted by Gasteiger charge is -2.36. The Hall–Kier alpha value is -1.21. The summed E-state index contributed by atoms with van der Waals surface area (Å²) in [6.45, 7) is 4.13. The monoisotopic (exact) mass is 353 g/mol. The van der Waals surface area contributed by atoms with Gasteiger partial charge in [0.15, 0.2) is 0 Å². The summed E-state index contributed by atoms with van der Waals surface area (Å²) in [6, 6.07) is 0.0838. The van der Waals surface area contributed by atoms with Gasteiger partial charge in [0.25, 0.3) is 0 Å². The number of amides is 1. The first-order valence-corrected chi connectivity index (χ1v) is 8.16. The van der Waals surface area contributed by atoms with Crippen LogP contribution in [0.4, 0.5) is 5.95 Å². The fourth-order valence-corrected chi connectivity index (χ4v) is 3.23. The third-order valence-electron chi connectivity index (χ3n) is 4.29. The van der Waals surface area contributed by atoms with Gasteiger partial charge in [0, 0.05) is 38.6 Å². The number of halogens is 1. The van der Waals surface area contributed by atoms with Gasteiger partial charge in [-0.2, -0.15) is 0 Å². The minimum atomic E-state index is 0.0838. The molecule has 3 rings (SSSR count). The highest BCUT2D eigenvalue weighted by molar-refractivity contribution is 9.10. The van der Waals surface area contributed by atoms with Crippen LogP contribution in [0.15, 0.2) is 16.9 Å². The van der Waals surface area contributed by atoms with Crippen LogP contribution in [0.2, 0.25) is 0 Å². The summed E-state index contributed by atoms with van der Waals surface area (Å²) in [6.07, 6.45) is 5.63. The molecule has 7 heteroatoms. The molecule has 2 saturated heterocycles. The number of hydrogen-bond donors (Lipinski definition) is 0. The average Bonchev–Trinajstić information content (AvgIpc) is 2.94. The first-order valence-electron chi connectivity index (χ1n) is 7.36. The van der Waals surface area contributed by atoms with Gasteiger partial charge in [-0.05, 0) is 42.4 Å². The van der Waals surface area contributed by atoms with Crippen molar-refractivity contribution < 1.29 is 4.79 Å². The molecule has 1 aromatic heterocycles. The number of carbonyl (C=O) groups excluding carboxylic acids is 1. The molecule has 6 nitrogen and oxygen atoms in total. The van der Waals surface area contributed by atoms with Gasteiger partial charge in [-0.3, -0.25) is 9.69 Å². The van der Waals surface area contributed by atoms with E-state index in [0.29, 0.717) is 0 Å². The van der Waals surface area contributed by atoms with Crippen molar-refractivity contribution in [2.45, 2.75) is 18.9 Å². The quantitative estimate of drug-likeness (QED) is 0.793. The summed E-state index contributed by atoms with van der Waals surface area (Å²) in [5.41, 5.74) is 0. The van der Waals surface area contributed by atoms with Crippen molar-refractivity contribution in [1.29, 1.82) is 0 Å². The first-order chi connectivity index (χ1) is 10.1. The van der Waals surface area contributed by atoms with E-state index in [0.717, 1.165) is 56.0 Å². The SMILES string of the molecule is CN1CCCC1C(=O)N1CCN(c2ncc(Br)cn2)CC1. The average molecular weight is 354 g/mol. The third-order valence-corrected chi connectivity index (χ3v) is 4.70. The van der Waals surface area contributed by atoms with Gasteiger partial charge < -0.3 is 9.80 Å². The molecule has 2 aliphatic heterocycles. The Bertz CT molecular complexity index is 501. The van der Waals surface area contributed by atoms with Crippen LogP contribution >= 0.6 is 15.9 Å². The van der Waals surface area contributed by atoms with Gasteiger partial charge in [0.1, 0.15) is 0 Å². The second-order valence-corrected chi connectivity index (χ2v) is 6.57. The van der Waals surface area contributed by atoms with Crippen molar-refractivity contribution in [3.8, 4) is 0 Å². The van der Waals surface area contributed by atoms with E-state index in [2.05, 4.69) is 35.7 Å². The van der Waals surface area contributed by atoms with E-state index >= 15 is 0 Å². The molecule has 0 aliphatic carbocycles. The van der Waals surface area contributed by atoms with Crippen LogP contribution in [-0.2, 0) is 4.79 Å². The van der Waals surface area contributed by atoms with Crippen molar-refractivity contribution in [2.24, 2.45) is 0 Å². The van der Waals surface area contributed by atoms with Crippen molar-refractivity contribution in [3.05, 3.63) is 16.9 Å². The van der Waals surface area contributed by atoms with Crippen LogP contribution in [0.5, 0.6) is 0 Å². The number of rotatable bonds is 2. The lowest BCUT2D eigenvalue weighted by molar-refractivity contribution is -0.135. The van der Waals surface area contributed by atoms with E-state index in [1.54, 1.807) is 12.4 Å². The minimum Gasteiger partial charge on any atom is -0.338 e. The van der Waals surface area contributed by atoms with E-state index in [1.807, 2.05) is 11.9 Å². The van der Waals surface area contributed by atoms with E-state index in [-0.39, 0.29) is 11.9 Å². The Morgan fingerprint density at radius 3 is 2.43 bits per heavy atom. The summed E-state index contributed by atoms with van der Waals surface area (Å²) in [7, 11) is 2.04. The van der Waals surface area contributed by atoms with Crippen LogP contribution < -0.4 is 4.90 Å². The molecule has 2 aliphatic rings. The number of hydrogen-bond acceptors (Lipinski definition) is 5. The van der Waals surface area contributed by atoms with Gasteiger partial charge in [0.05, 0.1) is 10.5 Å². The molecule has 1 unspecified atom stereocenters. The largest absolute Gasteiger partial charge is 0.338 e. The maximum absolute atomic E-state index is 12.5. The Morgan fingerprint density at radius 2 is 1.86 bits per heavy atom. The van der Waals surface area contributed by atoms with Crippen LogP contribution in [-0.4, -0.2) is 71.5 Å². The third kappa shape index (κ3) is 3.18. The Labute approximate surface area is 133 Å². The van der Waals surface area contributed by atoms with E-state index < -0.39 is 0 Å². The maximum atomic E-state index is 12.5. The second kappa shape index (κ2) is 6.27.